The third-order valence-corrected chi connectivity index (χ3v) is 3.62. The molecule has 0 saturated carbocycles. The van der Waals surface area contributed by atoms with Gasteiger partial charge < -0.3 is 4.57 Å². The highest BCUT2D eigenvalue weighted by molar-refractivity contribution is 6.20. The number of imidazole rings is 1. The van der Waals surface area contributed by atoms with Crippen LogP contribution in [0.2, 0.25) is 0 Å². The smallest absolute Gasteiger partial charge is 0.128 e. The molecule has 0 N–H and O–H groups in total. The molecule has 102 valence electrons. The third kappa shape index (κ3) is 2.16. The van der Waals surface area contributed by atoms with Gasteiger partial charge in [0.15, 0.2) is 0 Å². The van der Waals surface area contributed by atoms with Gasteiger partial charge >= 0.3 is 0 Å². The first kappa shape index (κ1) is 13.1. The summed E-state index contributed by atoms with van der Waals surface area (Å²) in [5.41, 5.74) is 3.03. The fourth-order valence-corrected chi connectivity index (χ4v) is 2.58. The molecule has 3 rings (SSSR count). The Morgan fingerprint density at radius 1 is 1.10 bits per heavy atom. The number of hydrogen-bond donors (Lipinski definition) is 0. The lowest BCUT2D eigenvalue weighted by Crippen LogP contribution is -2.11. The van der Waals surface area contributed by atoms with Crippen molar-refractivity contribution in [2.24, 2.45) is 0 Å². The number of nitrogens with zero attached hydrogens (tertiary/aromatic N) is 4. The van der Waals surface area contributed by atoms with Gasteiger partial charge in [0.2, 0.25) is 0 Å². The standard InChI is InChI=1S/C15H15ClN4/c1-10(16)15-19-13-9-18-7-5-14(13)20(15)11(2)12-4-3-6-17-8-12/h3-11H,1-2H3. The molecule has 3 aromatic heterocycles. The largest absolute Gasteiger partial charge is 0.319 e. The lowest BCUT2D eigenvalue weighted by molar-refractivity contribution is 0.616. The second kappa shape index (κ2) is 5.21. The second-order valence-corrected chi connectivity index (χ2v) is 5.44. The molecule has 2 atom stereocenters. The van der Waals surface area contributed by atoms with E-state index in [-0.39, 0.29) is 11.4 Å². The summed E-state index contributed by atoms with van der Waals surface area (Å²) in [5, 5.41) is -0.165. The summed E-state index contributed by atoms with van der Waals surface area (Å²) in [6, 6.07) is 6.09. The lowest BCUT2D eigenvalue weighted by atomic mass is 10.1. The maximum atomic E-state index is 6.29. The first-order chi connectivity index (χ1) is 9.68. The number of pyridine rings is 2. The highest BCUT2D eigenvalue weighted by Gasteiger charge is 2.20. The number of aromatic nitrogens is 4. The summed E-state index contributed by atoms with van der Waals surface area (Å²) in [7, 11) is 0. The van der Waals surface area contributed by atoms with Crippen LogP contribution in [0.4, 0.5) is 0 Å². The van der Waals surface area contributed by atoms with Crippen LogP contribution in [0.1, 0.15) is 36.7 Å². The molecule has 3 aromatic rings. The molecule has 0 aromatic carbocycles. The molecule has 4 nitrogen and oxygen atoms in total. The Hall–Kier alpha value is -1.94. The molecule has 0 saturated heterocycles. The molecule has 0 amide bonds. The molecule has 0 aliphatic rings. The van der Waals surface area contributed by atoms with E-state index in [9.17, 15) is 0 Å². The van der Waals surface area contributed by atoms with E-state index in [1.54, 1.807) is 18.6 Å². The van der Waals surface area contributed by atoms with E-state index in [0.29, 0.717) is 0 Å². The van der Waals surface area contributed by atoms with E-state index in [4.69, 9.17) is 11.6 Å². The fourth-order valence-electron chi connectivity index (χ4n) is 2.43. The van der Waals surface area contributed by atoms with Crippen LogP contribution in [0.25, 0.3) is 11.0 Å². The summed E-state index contributed by atoms with van der Waals surface area (Å²) in [5.74, 6) is 0.853. The Kier molecular flexibility index (Phi) is 3.40. The van der Waals surface area contributed by atoms with Crippen LogP contribution in [0.15, 0.2) is 43.0 Å². The van der Waals surface area contributed by atoms with Gasteiger partial charge in [-0.3, -0.25) is 9.97 Å². The van der Waals surface area contributed by atoms with E-state index in [1.807, 2.05) is 25.3 Å². The van der Waals surface area contributed by atoms with Crippen molar-refractivity contribution >= 4 is 22.6 Å². The van der Waals surface area contributed by atoms with Crippen LogP contribution >= 0.6 is 11.6 Å². The zero-order valence-corrected chi connectivity index (χ0v) is 12.1. The van der Waals surface area contributed by atoms with Gasteiger partial charge in [0.05, 0.1) is 23.1 Å². The Balaban J connectivity index is 2.21. The molecule has 0 aliphatic heterocycles. The molecular weight excluding hydrogens is 272 g/mol. The maximum absolute atomic E-state index is 6.29. The lowest BCUT2D eigenvalue weighted by Gasteiger charge is -2.18. The van der Waals surface area contributed by atoms with Crippen molar-refractivity contribution in [2.45, 2.75) is 25.3 Å². The minimum absolute atomic E-state index is 0.118. The van der Waals surface area contributed by atoms with E-state index in [2.05, 4.69) is 32.5 Å². The van der Waals surface area contributed by atoms with E-state index >= 15 is 0 Å². The highest BCUT2D eigenvalue weighted by atomic mass is 35.5. The topological polar surface area (TPSA) is 43.6 Å². The van der Waals surface area contributed by atoms with Crippen molar-refractivity contribution in [3.63, 3.8) is 0 Å². The molecule has 0 spiro atoms. The number of alkyl halides is 1. The van der Waals surface area contributed by atoms with Crippen LogP contribution in [0.5, 0.6) is 0 Å². The van der Waals surface area contributed by atoms with Gasteiger partial charge in [-0.1, -0.05) is 6.07 Å². The number of halogens is 1. The summed E-state index contributed by atoms with van der Waals surface area (Å²) in [4.78, 5) is 12.9. The molecule has 0 aliphatic carbocycles. The van der Waals surface area contributed by atoms with Crippen LogP contribution in [0.3, 0.4) is 0 Å². The van der Waals surface area contributed by atoms with Crippen LogP contribution < -0.4 is 0 Å². The van der Waals surface area contributed by atoms with Crippen molar-refractivity contribution < 1.29 is 0 Å². The van der Waals surface area contributed by atoms with Gasteiger partial charge in [-0.2, -0.15) is 0 Å². The fraction of sp³-hybridized carbons (Fsp3) is 0.267. The minimum atomic E-state index is -0.165. The normalized spacial score (nSPS) is 14.3. The summed E-state index contributed by atoms with van der Waals surface area (Å²) >= 11 is 6.29. The van der Waals surface area contributed by atoms with Crippen molar-refractivity contribution in [3.8, 4) is 0 Å². The van der Waals surface area contributed by atoms with Crippen LogP contribution in [-0.4, -0.2) is 19.5 Å². The average Bonchev–Trinajstić information content (AvgIpc) is 2.87. The van der Waals surface area contributed by atoms with Gasteiger partial charge in [0.25, 0.3) is 0 Å². The zero-order valence-electron chi connectivity index (χ0n) is 11.4. The summed E-state index contributed by atoms with van der Waals surface area (Å²) < 4.78 is 2.16. The van der Waals surface area contributed by atoms with Crippen molar-refractivity contribution in [1.82, 2.24) is 19.5 Å². The first-order valence-electron chi connectivity index (χ1n) is 6.54. The predicted octanol–water partition coefficient (Wildman–Crippen LogP) is 3.74. The predicted molar refractivity (Wildman–Crippen MR) is 79.8 cm³/mol. The number of hydrogen-bond acceptors (Lipinski definition) is 3. The highest BCUT2D eigenvalue weighted by Crippen LogP contribution is 2.30. The third-order valence-electron chi connectivity index (χ3n) is 3.43. The summed E-state index contributed by atoms with van der Waals surface area (Å²) in [6.45, 7) is 4.06. The van der Waals surface area contributed by atoms with Gasteiger partial charge in [0, 0.05) is 18.6 Å². The van der Waals surface area contributed by atoms with Gasteiger partial charge in [-0.05, 0) is 31.5 Å². The molecule has 5 heteroatoms. The SMILES string of the molecule is CC(Cl)c1nc2cnccc2n1C(C)c1cccnc1. The first-order valence-corrected chi connectivity index (χ1v) is 6.98. The molecule has 0 bridgehead atoms. The van der Waals surface area contributed by atoms with Gasteiger partial charge in [-0.25, -0.2) is 4.98 Å². The second-order valence-electron chi connectivity index (χ2n) is 4.78. The van der Waals surface area contributed by atoms with Gasteiger partial charge in [0.1, 0.15) is 11.3 Å². The quantitative estimate of drug-likeness (QED) is 0.689. The number of rotatable bonds is 3. The monoisotopic (exact) mass is 286 g/mol. The zero-order chi connectivity index (χ0) is 14.1. The maximum Gasteiger partial charge on any atom is 0.128 e. The van der Waals surface area contributed by atoms with Crippen LogP contribution in [-0.2, 0) is 0 Å². The Labute approximate surface area is 122 Å². The van der Waals surface area contributed by atoms with E-state index < -0.39 is 0 Å². The summed E-state index contributed by atoms with van der Waals surface area (Å²) in [6.07, 6.45) is 7.20. The Morgan fingerprint density at radius 2 is 1.90 bits per heavy atom. The Morgan fingerprint density at radius 3 is 2.60 bits per heavy atom. The molecule has 20 heavy (non-hydrogen) atoms. The Bertz CT molecular complexity index is 721. The van der Waals surface area contributed by atoms with Crippen molar-refractivity contribution in [3.05, 3.63) is 54.4 Å². The minimum Gasteiger partial charge on any atom is -0.319 e. The molecular formula is C15H15ClN4. The van der Waals surface area contributed by atoms with Crippen molar-refractivity contribution in [2.75, 3.05) is 0 Å². The average molecular weight is 287 g/mol. The van der Waals surface area contributed by atoms with Crippen molar-refractivity contribution in [1.29, 1.82) is 0 Å². The molecule has 3 heterocycles. The van der Waals surface area contributed by atoms with E-state index in [0.717, 1.165) is 22.4 Å². The van der Waals surface area contributed by atoms with Gasteiger partial charge in [-0.15, -0.1) is 11.6 Å². The molecule has 2 unspecified atom stereocenters. The van der Waals surface area contributed by atoms with Crippen LogP contribution in [0, 0.1) is 0 Å². The molecule has 0 radical (unpaired) electrons. The number of fused-ring (bicyclic) bond motifs is 1. The molecule has 0 fully saturated rings. The van der Waals surface area contributed by atoms with E-state index in [1.165, 1.54) is 0 Å².